The minimum absolute atomic E-state index is 0.133. The number of rotatable bonds is 8. The molecule has 1 aliphatic carbocycles. The largest absolute Gasteiger partial charge is 0.392 e. The van der Waals surface area contributed by atoms with Crippen molar-refractivity contribution in [2.75, 3.05) is 11.6 Å². The van der Waals surface area contributed by atoms with E-state index in [0.29, 0.717) is 27.2 Å². The summed E-state index contributed by atoms with van der Waals surface area (Å²) in [5.41, 5.74) is 8.26. The molecule has 40 heavy (non-hydrogen) atoms. The summed E-state index contributed by atoms with van der Waals surface area (Å²) in [6.07, 6.45) is 9.91. The maximum atomic E-state index is 12.1. The van der Waals surface area contributed by atoms with Crippen LogP contribution in [0.5, 0.6) is 0 Å². The van der Waals surface area contributed by atoms with Gasteiger partial charge in [0.2, 0.25) is 16.9 Å². The van der Waals surface area contributed by atoms with Gasteiger partial charge in [-0.15, -0.1) is 22.0 Å². The van der Waals surface area contributed by atoms with E-state index in [0.717, 1.165) is 16.1 Å². The average Bonchev–Trinajstić information content (AvgIpc) is 3.45. The molecular formula is C29H31N7O2S2. The molecule has 206 valence electrons. The van der Waals surface area contributed by atoms with Crippen molar-refractivity contribution >= 4 is 40.0 Å². The monoisotopic (exact) mass is 573 g/mol. The number of nitriles is 2. The van der Waals surface area contributed by atoms with Gasteiger partial charge in [-0.25, -0.2) is 0 Å². The first-order valence-electron chi connectivity index (χ1n) is 12.8. The van der Waals surface area contributed by atoms with Crippen LogP contribution in [0.2, 0.25) is 0 Å². The summed E-state index contributed by atoms with van der Waals surface area (Å²) in [7, 11) is 0. The standard InChI is InChI=1S/C17H18N4OS.C12H13N3OS/c18-11-13-6-4-5-12(9-13)10-15(22)19-17-21-20-16(23-17)14-7-2-1-3-8-14;1-17-11(14)8-15-12(16)6-9-3-2-4-10(5-9)7-13/h4-6,9,14H,1-3,7-8,10H2,(H,19,21,22);2-5,8H,6,14H2,1H3,(H,15,16)/b;11-8+. The summed E-state index contributed by atoms with van der Waals surface area (Å²) >= 11 is 2.84. The summed E-state index contributed by atoms with van der Waals surface area (Å²) in [5, 5.41) is 33.5. The van der Waals surface area contributed by atoms with Crippen LogP contribution in [0.3, 0.4) is 0 Å². The molecule has 2 aromatic carbocycles. The van der Waals surface area contributed by atoms with Crippen molar-refractivity contribution < 1.29 is 9.59 Å². The maximum Gasteiger partial charge on any atom is 0.230 e. The summed E-state index contributed by atoms with van der Waals surface area (Å²) in [6, 6.07) is 18.2. The van der Waals surface area contributed by atoms with E-state index in [1.165, 1.54) is 61.4 Å². The Balaban J connectivity index is 0.000000232. The van der Waals surface area contributed by atoms with E-state index in [-0.39, 0.29) is 24.7 Å². The number of aromatic nitrogens is 2. The summed E-state index contributed by atoms with van der Waals surface area (Å²) in [4.78, 5) is 23.6. The van der Waals surface area contributed by atoms with Gasteiger partial charge in [-0.05, 0) is 54.5 Å². The normalized spacial score (nSPS) is 13.2. The van der Waals surface area contributed by atoms with Crippen molar-refractivity contribution in [2.24, 2.45) is 5.73 Å². The second-order valence-electron chi connectivity index (χ2n) is 9.12. The molecule has 1 aromatic heterocycles. The van der Waals surface area contributed by atoms with Gasteiger partial charge in [0.1, 0.15) is 5.01 Å². The van der Waals surface area contributed by atoms with Gasteiger partial charge in [0.05, 0.1) is 41.1 Å². The second kappa shape index (κ2) is 16.0. The molecule has 0 saturated heterocycles. The second-order valence-corrected chi connectivity index (χ2v) is 11.0. The molecule has 11 heteroatoms. The molecular weight excluding hydrogens is 543 g/mol. The SMILES string of the molecule is CS/C(N)=C/NC(=O)Cc1cccc(C#N)c1.N#Cc1cccc(CC(=O)Nc2nnc(C3CCCCC3)s2)c1. The van der Waals surface area contributed by atoms with Crippen LogP contribution in [0.25, 0.3) is 0 Å². The zero-order chi connectivity index (χ0) is 28.7. The van der Waals surface area contributed by atoms with Gasteiger partial charge >= 0.3 is 0 Å². The third-order valence-electron chi connectivity index (χ3n) is 6.09. The third-order valence-corrected chi connectivity index (χ3v) is 7.68. The number of benzene rings is 2. The molecule has 1 heterocycles. The van der Waals surface area contributed by atoms with Crippen molar-refractivity contribution in [3.8, 4) is 12.1 Å². The number of carbonyl (C=O) groups excluding carboxylic acids is 2. The van der Waals surface area contributed by atoms with Gasteiger partial charge < -0.3 is 16.4 Å². The number of nitrogens with zero attached hydrogens (tertiary/aromatic N) is 4. The lowest BCUT2D eigenvalue weighted by Gasteiger charge is -2.18. The molecule has 1 fully saturated rings. The minimum Gasteiger partial charge on any atom is -0.392 e. The average molecular weight is 574 g/mol. The van der Waals surface area contributed by atoms with Crippen LogP contribution in [0.15, 0.2) is 59.8 Å². The van der Waals surface area contributed by atoms with Crippen LogP contribution >= 0.6 is 23.1 Å². The molecule has 0 aliphatic heterocycles. The van der Waals surface area contributed by atoms with Crippen molar-refractivity contribution in [2.45, 2.75) is 50.9 Å². The Labute approximate surface area is 242 Å². The van der Waals surface area contributed by atoms with Crippen LogP contribution in [0, 0.1) is 22.7 Å². The highest BCUT2D eigenvalue weighted by Gasteiger charge is 2.20. The predicted octanol–water partition coefficient (Wildman–Crippen LogP) is 4.98. The Kier molecular flexibility index (Phi) is 12.2. The fraction of sp³-hybridized carbons (Fsp3) is 0.310. The smallest absolute Gasteiger partial charge is 0.230 e. The lowest BCUT2D eigenvalue weighted by Crippen LogP contribution is -2.20. The molecule has 0 unspecified atom stereocenters. The van der Waals surface area contributed by atoms with Crippen LogP contribution < -0.4 is 16.4 Å². The first kappa shape index (κ1) is 30.4. The Morgan fingerprint density at radius 2 is 1.60 bits per heavy atom. The first-order chi connectivity index (χ1) is 19.4. The van der Waals surface area contributed by atoms with E-state index in [2.05, 4.69) is 26.9 Å². The predicted molar refractivity (Wildman–Crippen MR) is 158 cm³/mol. The molecule has 1 saturated carbocycles. The van der Waals surface area contributed by atoms with Gasteiger partial charge in [-0.2, -0.15) is 10.5 Å². The number of hydrogen-bond acceptors (Lipinski definition) is 9. The van der Waals surface area contributed by atoms with E-state index in [1.54, 1.807) is 36.4 Å². The van der Waals surface area contributed by atoms with Crippen molar-refractivity contribution in [3.05, 3.63) is 87.0 Å². The first-order valence-corrected chi connectivity index (χ1v) is 14.8. The van der Waals surface area contributed by atoms with Crippen molar-refractivity contribution in [3.63, 3.8) is 0 Å². The fourth-order valence-corrected chi connectivity index (χ4v) is 5.20. The number of carbonyl (C=O) groups is 2. The Morgan fingerprint density at radius 3 is 2.17 bits per heavy atom. The number of thioether (sulfide) groups is 1. The summed E-state index contributed by atoms with van der Waals surface area (Å²) in [6.45, 7) is 0. The van der Waals surface area contributed by atoms with Crippen molar-refractivity contribution in [1.29, 1.82) is 10.5 Å². The molecule has 0 atom stereocenters. The van der Waals surface area contributed by atoms with Crippen molar-refractivity contribution in [1.82, 2.24) is 15.5 Å². The molecule has 9 nitrogen and oxygen atoms in total. The van der Waals surface area contributed by atoms with E-state index < -0.39 is 0 Å². The third kappa shape index (κ3) is 10.2. The maximum absolute atomic E-state index is 12.1. The van der Waals surface area contributed by atoms with E-state index in [4.69, 9.17) is 16.3 Å². The van der Waals surface area contributed by atoms with E-state index >= 15 is 0 Å². The van der Waals surface area contributed by atoms with Gasteiger partial charge in [0, 0.05) is 12.1 Å². The number of nitrogens with two attached hydrogens (primary N) is 1. The Morgan fingerprint density at radius 1 is 1.00 bits per heavy atom. The molecule has 1 aliphatic rings. The van der Waals surface area contributed by atoms with Gasteiger partial charge in [0.25, 0.3) is 0 Å². The molecule has 4 N–H and O–H groups in total. The highest BCUT2D eigenvalue weighted by atomic mass is 32.2. The fourth-order valence-electron chi connectivity index (χ4n) is 4.10. The number of amides is 2. The quantitative estimate of drug-likeness (QED) is 0.341. The topological polar surface area (TPSA) is 158 Å². The van der Waals surface area contributed by atoms with Gasteiger partial charge in [0.15, 0.2) is 0 Å². The zero-order valence-corrected chi connectivity index (χ0v) is 23.9. The molecule has 4 rings (SSSR count). The van der Waals surface area contributed by atoms with Crippen LogP contribution in [0.1, 0.15) is 65.3 Å². The number of nitrogens with one attached hydrogen (secondary N) is 2. The number of hydrogen-bond donors (Lipinski definition) is 3. The molecule has 0 bridgehead atoms. The highest BCUT2D eigenvalue weighted by molar-refractivity contribution is 8.02. The van der Waals surface area contributed by atoms with Crippen LogP contribution in [0.4, 0.5) is 5.13 Å². The zero-order valence-electron chi connectivity index (χ0n) is 22.2. The molecule has 0 radical (unpaired) electrons. The minimum atomic E-state index is -0.155. The highest BCUT2D eigenvalue weighted by Crippen LogP contribution is 2.35. The van der Waals surface area contributed by atoms with E-state index in [1.807, 2.05) is 24.5 Å². The van der Waals surface area contributed by atoms with Crippen LogP contribution in [-0.2, 0) is 22.4 Å². The Bertz CT molecular complexity index is 1420. The van der Waals surface area contributed by atoms with Crippen LogP contribution in [-0.4, -0.2) is 28.3 Å². The lowest BCUT2D eigenvalue weighted by atomic mass is 9.90. The molecule has 0 spiro atoms. The molecule has 2 amide bonds. The number of anilines is 1. The van der Waals surface area contributed by atoms with E-state index in [9.17, 15) is 9.59 Å². The summed E-state index contributed by atoms with van der Waals surface area (Å²) < 4.78 is 0. The lowest BCUT2D eigenvalue weighted by molar-refractivity contribution is -0.119. The Hall–Kier alpha value is -4.19. The van der Waals surface area contributed by atoms with Gasteiger partial charge in [-0.3, -0.25) is 9.59 Å². The summed E-state index contributed by atoms with van der Waals surface area (Å²) in [5.74, 6) is 0.211. The molecule has 3 aromatic rings. The van der Waals surface area contributed by atoms with Gasteiger partial charge in [-0.1, -0.05) is 54.9 Å².